The number of hydrogen-bond donors (Lipinski definition) is 1. The Balaban J connectivity index is 0.000000257. The van der Waals surface area contributed by atoms with Crippen molar-refractivity contribution in [1.82, 2.24) is 5.32 Å². The number of benzene rings is 3. The molecule has 4 rings (SSSR count). The zero-order valence-corrected chi connectivity index (χ0v) is 28.3. The summed E-state index contributed by atoms with van der Waals surface area (Å²) in [7, 11) is 6.79. The highest BCUT2D eigenvalue weighted by atomic mass is 16.6. The van der Waals surface area contributed by atoms with Crippen LogP contribution in [0.5, 0.6) is 17.2 Å². The Morgan fingerprint density at radius 3 is 2.20 bits per heavy atom. The van der Waals surface area contributed by atoms with Crippen LogP contribution >= 0.6 is 0 Å². The molecule has 3 aromatic rings. The lowest BCUT2D eigenvalue weighted by atomic mass is 9.86. The molecule has 0 atom stereocenters. The molecule has 0 spiro atoms. The lowest BCUT2D eigenvalue weighted by Crippen LogP contribution is -2.33. The lowest BCUT2D eigenvalue weighted by molar-refractivity contribution is 0.0527. The van der Waals surface area contributed by atoms with Gasteiger partial charge in [-0.3, -0.25) is 0 Å². The summed E-state index contributed by atoms with van der Waals surface area (Å²) in [5.74, 6) is 3.72. The summed E-state index contributed by atoms with van der Waals surface area (Å²) in [5.41, 5.74) is 6.61. The van der Waals surface area contributed by atoms with E-state index in [2.05, 4.69) is 42.6 Å². The van der Waals surface area contributed by atoms with Crippen molar-refractivity contribution in [3.63, 3.8) is 0 Å². The quantitative estimate of drug-likeness (QED) is 0.231. The molecule has 1 aliphatic carbocycles. The first-order valence-electron chi connectivity index (χ1n) is 15.3. The summed E-state index contributed by atoms with van der Waals surface area (Å²) in [4.78, 5) is 11.7. The number of methoxy groups -OCH3 is 4. The van der Waals surface area contributed by atoms with Crippen LogP contribution in [-0.2, 0) is 28.7 Å². The molecule has 1 aliphatic rings. The number of alkyl carbamates (subject to hydrolysis) is 1. The number of nitrogens with zero attached hydrogens (tertiary/aromatic N) is 1. The van der Waals surface area contributed by atoms with Gasteiger partial charge in [-0.25, -0.2) is 4.79 Å². The minimum atomic E-state index is -0.475. The number of aryl methyl sites for hydroxylation is 3. The SMILES string of the molecule is COC1=C(CCCNC(=O)OC(C)(C)C)Cc2c(ccc(C)c2OC)C1.COc1cc2ccc(C)c(OC)c2cc1CCC#N. The molecule has 0 fully saturated rings. The third-order valence-electron chi connectivity index (χ3n) is 7.74. The van der Waals surface area contributed by atoms with E-state index in [1.54, 1.807) is 28.4 Å². The highest BCUT2D eigenvalue weighted by molar-refractivity contribution is 5.91. The summed E-state index contributed by atoms with van der Waals surface area (Å²) >= 11 is 0. The average molecular weight is 617 g/mol. The lowest BCUT2D eigenvalue weighted by Gasteiger charge is -2.25. The normalized spacial score (nSPS) is 12.4. The van der Waals surface area contributed by atoms with Gasteiger partial charge in [-0.1, -0.05) is 24.3 Å². The van der Waals surface area contributed by atoms with Gasteiger partial charge in [-0.15, -0.1) is 0 Å². The van der Waals surface area contributed by atoms with Gasteiger partial charge in [-0.05, 0) is 99.2 Å². The van der Waals surface area contributed by atoms with Crippen molar-refractivity contribution in [1.29, 1.82) is 5.26 Å². The Morgan fingerprint density at radius 2 is 1.58 bits per heavy atom. The molecule has 242 valence electrons. The number of ether oxygens (including phenoxy) is 5. The van der Waals surface area contributed by atoms with Gasteiger partial charge in [-0.2, -0.15) is 5.26 Å². The first-order valence-corrected chi connectivity index (χ1v) is 15.3. The monoisotopic (exact) mass is 616 g/mol. The van der Waals surface area contributed by atoms with E-state index in [4.69, 9.17) is 28.9 Å². The molecule has 0 unspecified atom stereocenters. The van der Waals surface area contributed by atoms with Crippen LogP contribution in [0.25, 0.3) is 10.8 Å². The van der Waals surface area contributed by atoms with E-state index in [-0.39, 0.29) is 6.09 Å². The zero-order valence-electron chi connectivity index (χ0n) is 28.3. The molecule has 1 amide bonds. The molecule has 8 nitrogen and oxygen atoms in total. The summed E-state index contributed by atoms with van der Waals surface area (Å²) in [6.45, 7) is 10.2. The number of allylic oxidation sites excluding steroid dienone is 2. The fourth-order valence-electron chi connectivity index (χ4n) is 5.61. The summed E-state index contributed by atoms with van der Waals surface area (Å²) in [6.07, 6.45) is 4.13. The second-order valence-electron chi connectivity index (χ2n) is 12.1. The molecule has 0 aromatic heterocycles. The van der Waals surface area contributed by atoms with Crippen LogP contribution in [0, 0.1) is 25.2 Å². The molecule has 0 saturated heterocycles. The summed E-state index contributed by atoms with van der Waals surface area (Å²) < 4.78 is 27.4. The number of hydrogen-bond acceptors (Lipinski definition) is 7. The fourth-order valence-corrected chi connectivity index (χ4v) is 5.61. The van der Waals surface area contributed by atoms with Gasteiger partial charge in [0.05, 0.1) is 40.3 Å². The second-order valence-corrected chi connectivity index (χ2v) is 12.1. The molecule has 0 radical (unpaired) electrons. The first-order chi connectivity index (χ1) is 21.5. The van der Waals surface area contributed by atoms with Crippen molar-refractivity contribution in [2.45, 2.75) is 78.7 Å². The van der Waals surface area contributed by atoms with Crippen LogP contribution in [0.1, 0.15) is 67.9 Å². The molecule has 45 heavy (non-hydrogen) atoms. The van der Waals surface area contributed by atoms with Crippen LogP contribution in [-0.4, -0.2) is 46.7 Å². The second kappa shape index (κ2) is 16.1. The summed E-state index contributed by atoms with van der Waals surface area (Å²) in [5, 5.41) is 13.7. The number of carbonyl (C=O) groups is 1. The minimum absolute atomic E-state index is 0.371. The van der Waals surface area contributed by atoms with Gasteiger partial charge >= 0.3 is 6.09 Å². The molecule has 3 aromatic carbocycles. The van der Waals surface area contributed by atoms with Crippen molar-refractivity contribution in [2.24, 2.45) is 0 Å². The van der Waals surface area contributed by atoms with Crippen molar-refractivity contribution in [2.75, 3.05) is 35.0 Å². The van der Waals surface area contributed by atoms with E-state index in [0.29, 0.717) is 19.4 Å². The van der Waals surface area contributed by atoms with Crippen molar-refractivity contribution >= 4 is 16.9 Å². The van der Waals surface area contributed by atoms with E-state index >= 15 is 0 Å². The van der Waals surface area contributed by atoms with Gasteiger partial charge in [0.25, 0.3) is 0 Å². The predicted molar refractivity (Wildman–Crippen MR) is 178 cm³/mol. The fraction of sp³-hybridized carbons (Fsp3) is 0.459. The van der Waals surface area contributed by atoms with Gasteiger partial charge in [0.1, 0.15) is 22.8 Å². The highest BCUT2D eigenvalue weighted by Gasteiger charge is 2.23. The zero-order chi connectivity index (χ0) is 33.1. The Bertz CT molecular complexity index is 1560. The highest BCUT2D eigenvalue weighted by Crippen LogP contribution is 2.37. The topological polar surface area (TPSA) is 99.0 Å². The number of nitrogens with one attached hydrogen (secondary N) is 1. The molecular formula is C37H48N2O6. The standard InChI is InChI=1S/C21H31NO4.C16H17NO2/c1-14-9-10-15-13-18(24-5)16(12-17(15)19(14)25-6)8-7-11-22-20(23)26-21(2,3)4;1-11-6-7-12-10-15(18-2)13(5-4-8-17)9-14(12)16(11)19-3/h9-10H,7-8,11-13H2,1-6H3,(H,22,23);6-7,9-10H,4-5H2,1-3H3. The maximum absolute atomic E-state index is 11.7. The van der Waals surface area contributed by atoms with E-state index in [1.807, 2.05) is 39.8 Å². The Morgan fingerprint density at radius 1 is 0.889 bits per heavy atom. The smallest absolute Gasteiger partial charge is 0.407 e. The van der Waals surface area contributed by atoms with Gasteiger partial charge in [0, 0.05) is 36.8 Å². The maximum atomic E-state index is 11.7. The van der Waals surface area contributed by atoms with E-state index in [9.17, 15) is 4.79 Å². The Labute approximate surface area is 268 Å². The molecule has 8 heteroatoms. The number of amides is 1. The largest absolute Gasteiger partial charge is 0.501 e. The van der Waals surface area contributed by atoms with E-state index in [0.717, 1.165) is 76.2 Å². The van der Waals surface area contributed by atoms with E-state index in [1.165, 1.54) is 16.7 Å². The average Bonchev–Trinajstić information content (AvgIpc) is 3.00. The first kappa shape index (κ1) is 35.1. The Kier molecular flexibility index (Phi) is 12.5. The van der Waals surface area contributed by atoms with E-state index < -0.39 is 5.60 Å². The molecule has 0 saturated carbocycles. The maximum Gasteiger partial charge on any atom is 0.407 e. The molecule has 0 heterocycles. The van der Waals surface area contributed by atoms with Gasteiger partial charge < -0.3 is 29.0 Å². The number of fused-ring (bicyclic) bond motifs is 2. The van der Waals surface area contributed by atoms with Crippen LogP contribution in [0.3, 0.4) is 0 Å². The van der Waals surface area contributed by atoms with Crippen LogP contribution in [0.2, 0.25) is 0 Å². The number of rotatable bonds is 10. The van der Waals surface area contributed by atoms with Crippen molar-refractivity contribution < 1.29 is 28.5 Å². The van der Waals surface area contributed by atoms with Crippen molar-refractivity contribution in [3.8, 4) is 23.3 Å². The van der Waals surface area contributed by atoms with Crippen LogP contribution in [0.15, 0.2) is 47.7 Å². The van der Waals surface area contributed by atoms with Gasteiger partial charge in [0.2, 0.25) is 0 Å². The van der Waals surface area contributed by atoms with Crippen LogP contribution in [0.4, 0.5) is 4.79 Å². The molecule has 0 aliphatic heterocycles. The number of nitriles is 1. The van der Waals surface area contributed by atoms with Crippen LogP contribution < -0.4 is 19.5 Å². The Hall–Kier alpha value is -4.38. The number of carbonyl (C=O) groups excluding carboxylic acids is 1. The minimum Gasteiger partial charge on any atom is -0.501 e. The third-order valence-corrected chi connectivity index (χ3v) is 7.74. The molecule has 0 bridgehead atoms. The van der Waals surface area contributed by atoms with Crippen molar-refractivity contribution in [3.05, 3.63) is 75.5 Å². The molecule has 1 N–H and O–H groups in total. The molecular weight excluding hydrogens is 568 g/mol. The third kappa shape index (κ3) is 9.31. The van der Waals surface area contributed by atoms with Gasteiger partial charge in [0.15, 0.2) is 0 Å². The summed E-state index contributed by atoms with van der Waals surface area (Å²) in [6, 6.07) is 14.6. The predicted octanol–water partition coefficient (Wildman–Crippen LogP) is 7.93.